The topological polar surface area (TPSA) is 62.7 Å². The van der Waals surface area contributed by atoms with Crippen molar-refractivity contribution in [3.63, 3.8) is 0 Å². The summed E-state index contributed by atoms with van der Waals surface area (Å²) in [6.07, 6.45) is -0.894. The molecule has 0 saturated carbocycles. The van der Waals surface area contributed by atoms with Crippen molar-refractivity contribution in [2.45, 2.75) is 25.9 Å². The molecule has 1 aromatic carbocycles. The molecule has 8 heteroatoms. The predicted molar refractivity (Wildman–Crippen MR) is 78.0 cm³/mol. The maximum Gasteiger partial charge on any atom is 0.416 e. The van der Waals surface area contributed by atoms with Crippen molar-refractivity contribution in [1.82, 2.24) is 15.2 Å². The first-order valence-electron chi connectivity index (χ1n) is 6.87. The maximum absolute atomic E-state index is 12.7. The SMILES string of the molecule is CCCCNc1cnnc(Nc2cccc(C(F)(F)F)c2)n1. The van der Waals surface area contributed by atoms with Crippen LogP contribution in [0.2, 0.25) is 0 Å². The van der Waals surface area contributed by atoms with E-state index in [-0.39, 0.29) is 11.6 Å². The van der Waals surface area contributed by atoms with Crippen molar-refractivity contribution in [1.29, 1.82) is 0 Å². The highest BCUT2D eigenvalue weighted by molar-refractivity contribution is 5.55. The Balaban J connectivity index is 2.09. The van der Waals surface area contributed by atoms with E-state index in [2.05, 4.69) is 32.7 Å². The summed E-state index contributed by atoms with van der Waals surface area (Å²) in [6.45, 7) is 2.82. The van der Waals surface area contributed by atoms with E-state index < -0.39 is 11.7 Å². The molecule has 0 fully saturated rings. The van der Waals surface area contributed by atoms with Crippen LogP contribution in [0.3, 0.4) is 0 Å². The van der Waals surface area contributed by atoms with Crippen molar-refractivity contribution in [3.8, 4) is 0 Å². The molecule has 0 radical (unpaired) electrons. The van der Waals surface area contributed by atoms with Gasteiger partial charge in [-0.3, -0.25) is 0 Å². The quantitative estimate of drug-likeness (QED) is 0.794. The number of anilines is 3. The Hall–Kier alpha value is -2.38. The highest BCUT2D eigenvalue weighted by Crippen LogP contribution is 2.31. The minimum atomic E-state index is -4.39. The third kappa shape index (κ3) is 4.57. The first-order chi connectivity index (χ1) is 10.5. The zero-order valence-corrected chi connectivity index (χ0v) is 12.0. The van der Waals surface area contributed by atoms with Gasteiger partial charge in [-0.1, -0.05) is 19.4 Å². The number of benzene rings is 1. The van der Waals surface area contributed by atoms with E-state index in [1.807, 2.05) is 0 Å². The summed E-state index contributed by atoms with van der Waals surface area (Å²) in [4.78, 5) is 4.15. The molecule has 22 heavy (non-hydrogen) atoms. The molecule has 0 unspecified atom stereocenters. The van der Waals surface area contributed by atoms with E-state index in [9.17, 15) is 13.2 Å². The van der Waals surface area contributed by atoms with Crippen LogP contribution in [0.5, 0.6) is 0 Å². The van der Waals surface area contributed by atoms with Gasteiger partial charge in [0.25, 0.3) is 0 Å². The van der Waals surface area contributed by atoms with Crippen LogP contribution in [-0.4, -0.2) is 21.7 Å². The second-order valence-electron chi connectivity index (χ2n) is 4.65. The molecular weight excluding hydrogens is 295 g/mol. The van der Waals surface area contributed by atoms with Crippen LogP contribution in [0, 0.1) is 0 Å². The first-order valence-corrected chi connectivity index (χ1v) is 6.87. The van der Waals surface area contributed by atoms with E-state index in [0.29, 0.717) is 5.82 Å². The molecule has 118 valence electrons. The number of aromatic nitrogens is 3. The van der Waals surface area contributed by atoms with Gasteiger partial charge < -0.3 is 10.6 Å². The Labute approximate surface area is 126 Å². The fourth-order valence-corrected chi connectivity index (χ4v) is 1.74. The molecule has 0 aliphatic heterocycles. The molecule has 0 aliphatic carbocycles. The van der Waals surface area contributed by atoms with Crippen molar-refractivity contribution in [2.24, 2.45) is 0 Å². The Bertz CT molecular complexity index is 615. The van der Waals surface area contributed by atoms with Gasteiger partial charge in [0.1, 0.15) is 0 Å². The highest BCUT2D eigenvalue weighted by Gasteiger charge is 2.30. The maximum atomic E-state index is 12.7. The largest absolute Gasteiger partial charge is 0.416 e. The minimum Gasteiger partial charge on any atom is -0.369 e. The average Bonchev–Trinajstić information content (AvgIpc) is 2.47. The number of nitrogens with one attached hydrogen (secondary N) is 2. The molecule has 5 nitrogen and oxygen atoms in total. The molecule has 1 aromatic heterocycles. The number of unbranched alkanes of at least 4 members (excludes halogenated alkanes) is 1. The van der Waals surface area contributed by atoms with Crippen LogP contribution in [0.4, 0.5) is 30.6 Å². The van der Waals surface area contributed by atoms with Crippen molar-refractivity contribution >= 4 is 17.5 Å². The third-order valence-electron chi connectivity index (χ3n) is 2.84. The van der Waals surface area contributed by atoms with Gasteiger partial charge in [-0.05, 0) is 24.6 Å². The summed E-state index contributed by atoms with van der Waals surface area (Å²) in [6, 6.07) is 4.84. The number of nitrogens with zero attached hydrogens (tertiary/aromatic N) is 3. The zero-order valence-electron chi connectivity index (χ0n) is 12.0. The van der Waals surface area contributed by atoms with Crippen LogP contribution in [0.1, 0.15) is 25.3 Å². The molecule has 0 spiro atoms. The second kappa shape index (κ2) is 7.06. The number of alkyl halides is 3. The summed E-state index contributed by atoms with van der Waals surface area (Å²) >= 11 is 0. The van der Waals surface area contributed by atoms with E-state index in [0.717, 1.165) is 31.5 Å². The number of hydrogen-bond acceptors (Lipinski definition) is 5. The lowest BCUT2D eigenvalue weighted by atomic mass is 10.2. The predicted octanol–water partition coefficient (Wildman–Crippen LogP) is 3.85. The van der Waals surface area contributed by atoms with Crippen LogP contribution in [0.15, 0.2) is 30.5 Å². The van der Waals surface area contributed by atoms with Crippen molar-refractivity contribution < 1.29 is 13.2 Å². The van der Waals surface area contributed by atoms with Gasteiger partial charge in [0, 0.05) is 12.2 Å². The molecule has 2 aromatic rings. The van der Waals surface area contributed by atoms with Gasteiger partial charge in [-0.2, -0.15) is 23.3 Å². The Kier molecular flexibility index (Phi) is 5.13. The summed E-state index contributed by atoms with van der Waals surface area (Å²) in [5.74, 6) is 0.666. The third-order valence-corrected chi connectivity index (χ3v) is 2.84. The molecular formula is C14H16F3N5. The van der Waals surface area contributed by atoms with Crippen LogP contribution in [-0.2, 0) is 6.18 Å². The van der Waals surface area contributed by atoms with Crippen LogP contribution < -0.4 is 10.6 Å². The van der Waals surface area contributed by atoms with Gasteiger partial charge in [-0.15, -0.1) is 5.10 Å². The average molecular weight is 311 g/mol. The lowest BCUT2D eigenvalue weighted by Gasteiger charge is -2.10. The van der Waals surface area contributed by atoms with Gasteiger partial charge in [-0.25, -0.2) is 0 Å². The lowest BCUT2D eigenvalue weighted by Crippen LogP contribution is -2.08. The second-order valence-corrected chi connectivity index (χ2v) is 4.65. The summed E-state index contributed by atoms with van der Waals surface area (Å²) in [5, 5.41) is 13.3. The summed E-state index contributed by atoms with van der Waals surface area (Å²) in [5.41, 5.74) is -0.481. The molecule has 1 heterocycles. The molecule has 0 atom stereocenters. The normalized spacial score (nSPS) is 11.3. The van der Waals surface area contributed by atoms with E-state index in [4.69, 9.17) is 0 Å². The molecule has 2 N–H and O–H groups in total. The van der Waals surface area contributed by atoms with Gasteiger partial charge in [0.2, 0.25) is 5.95 Å². The Morgan fingerprint density at radius 1 is 1.23 bits per heavy atom. The standard InChI is InChI=1S/C14H16F3N5/c1-2-3-7-18-12-9-19-22-13(21-12)20-11-6-4-5-10(8-11)14(15,16)17/h4-6,8-9H,2-3,7H2,1H3,(H2,18,20,21,22). The zero-order chi connectivity index (χ0) is 16.0. The van der Waals surface area contributed by atoms with Gasteiger partial charge in [0.15, 0.2) is 5.82 Å². The van der Waals surface area contributed by atoms with Crippen LogP contribution in [0.25, 0.3) is 0 Å². The Morgan fingerprint density at radius 2 is 2.05 bits per heavy atom. The monoisotopic (exact) mass is 311 g/mol. The van der Waals surface area contributed by atoms with E-state index in [1.54, 1.807) is 0 Å². The fraction of sp³-hybridized carbons (Fsp3) is 0.357. The van der Waals surface area contributed by atoms with Gasteiger partial charge in [0.05, 0.1) is 11.8 Å². The summed E-state index contributed by atoms with van der Waals surface area (Å²) in [7, 11) is 0. The number of rotatable bonds is 6. The molecule has 0 bridgehead atoms. The summed E-state index contributed by atoms with van der Waals surface area (Å²) < 4.78 is 38.0. The molecule has 0 amide bonds. The molecule has 0 saturated heterocycles. The molecule has 2 rings (SSSR count). The highest BCUT2D eigenvalue weighted by atomic mass is 19.4. The van der Waals surface area contributed by atoms with Crippen molar-refractivity contribution in [2.75, 3.05) is 17.2 Å². The number of hydrogen-bond donors (Lipinski definition) is 2. The Morgan fingerprint density at radius 3 is 2.77 bits per heavy atom. The minimum absolute atomic E-state index is 0.140. The lowest BCUT2D eigenvalue weighted by molar-refractivity contribution is -0.137. The van der Waals surface area contributed by atoms with Crippen molar-refractivity contribution in [3.05, 3.63) is 36.0 Å². The number of halogens is 3. The smallest absolute Gasteiger partial charge is 0.369 e. The van der Waals surface area contributed by atoms with E-state index in [1.165, 1.54) is 18.3 Å². The first kappa shape index (κ1) is 16.0. The molecule has 0 aliphatic rings. The van der Waals surface area contributed by atoms with E-state index >= 15 is 0 Å². The fourth-order valence-electron chi connectivity index (χ4n) is 1.74. The van der Waals surface area contributed by atoms with Gasteiger partial charge >= 0.3 is 6.18 Å². The van der Waals surface area contributed by atoms with Crippen LogP contribution >= 0.6 is 0 Å².